The number of likely N-dealkylation sites (tertiary alicyclic amines) is 1. The van der Waals surface area contributed by atoms with E-state index >= 15 is 0 Å². The Kier molecular flexibility index (Phi) is 3.61. The van der Waals surface area contributed by atoms with Gasteiger partial charge in [-0.2, -0.15) is 0 Å². The van der Waals surface area contributed by atoms with Crippen molar-refractivity contribution in [2.75, 3.05) is 13.1 Å². The van der Waals surface area contributed by atoms with Gasteiger partial charge in [0.15, 0.2) is 0 Å². The maximum absolute atomic E-state index is 12.3. The largest absolute Gasteiger partial charge is 0.481 e. The Morgan fingerprint density at radius 1 is 1.17 bits per heavy atom. The van der Waals surface area contributed by atoms with Gasteiger partial charge in [0.05, 0.1) is 17.4 Å². The molecule has 2 atom stereocenters. The summed E-state index contributed by atoms with van der Waals surface area (Å²) in [7, 11) is 0. The average Bonchev–Trinajstić information content (AvgIpc) is 2.77. The van der Waals surface area contributed by atoms with Crippen LogP contribution < -0.4 is 0 Å². The highest BCUT2D eigenvalue weighted by atomic mass is 16.4. The van der Waals surface area contributed by atoms with Gasteiger partial charge in [0.2, 0.25) is 5.91 Å². The third kappa shape index (κ3) is 2.66. The lowest BCUT2D eigenvalue weighted by Gasteiger charge is -2.37. The van der Waals surface area contributed by atoms with Crippen molar-refractivity contribution < 1.29 is 19.8 Å². The van der Waals surface area contributed by atoms with Gasteiger partial charge in [0, 0.05) is 13.1 Å². The van der Waals surface area contributed by atoms with E-state index in [1.54, 1.807) is 11.8 Å². The van der Waals surface area contributed by atoms with E-state index in [0.29, 0.717) is 38.8 Å². The molecule has 0 aromatic heterocycles. The summed E-state index contributed by atoms with van der Waals surface area (Å²) in [5.41, 5.74) is -0.682. The number of hydrogen-bond donors (Lipinski definition) is 2. The van der Waals surface area contributed by atoms with E-state index in [9.17, 15) is 14.7 Å². The Morgan fingerprint density at radius 3 is 2.28 bits per heavy atom. The monoisotopic (exact) mass is 255 g/mol. The lowest BCUT2D eigenvalue weighted by Crippen LogP contribution is -2.48. The summed E-state index contributed by atoms with van der Waals surface area (Å²) in [6.07, 6.45) is 3.26. The molecule has 0 spiro atoms. The molecule has 102 valence electrons. The topological polar surface area (TPSA) is 77.8 Å². The van der Waals surface area contributed by atoms with Crippen molar-refractivity contribution in [3.05, 3.63) is 0 Å². The highest BCUT2D eigenvalue weighted by molar-refractivity contribution is 5.85. The highest BCUT2D eigenvalue weighted by Gasteiger charge is 2.41. The van der Waals surface area contributed by atoms with Crippen molar-refractivity contribution in [1.29, 1.82) is 0 Å². The molecule has 0 aromatic rings. The molecule has 1 saturated carbocycles. The van der Waals surface area contributed by atoms with Crippen LogP contribution in [0.3, 0.4) is 0 Å². The minimum absolute atomic E-state index is 0.0320. The maximum Gasteiger partial charge on any atom is 0.307 e. The molecule has 0 aromatic carbocycles. The van der Waals surface area contributed by atoms with E-state index in [-0.39, 0.29) is 11.8 Å². The lowest BCUT2D eigenvalue weighted by molar-refractivity contribution is -0.150. The summed E-state index contributed by atoms with van der Waals surface area (Å²) < 4.78 is 0. The number of aliphatic carboxylic acids is 1. The Bertz CT molecular complexity index is 343. The van der Waals surface area contributed by atoms with Crippen LogP contribution in [-0.2, 0) is 9.59 Å². The number of carbonyl (C=O) groups is 2. The van der Waals surface area contributed by atoms with Gasteiger partial charge in [-0.25, -0.2) is 0 Å². The van der Waals surface area contributed by atoms with Crippen LogP contribution in [0.25, 0.3) is 0 Å². The Hall–Kier alpha value is -1.10. The normalized spacial score (nSPS) is 31.3. The molecule has 18 heavy (non-hydrogen) atoms. The van der Waals surface area contributed by atoms with E-state index < -0.39 is 17.5 Å². The van der Waals surface area contributed by atoms with Crippen LogP contribution in [0.15, 0.2) is 0 Å². The molecule has 0 bridgehead atoms. The molecular formula is C13H21NO4. The smallest absolute Gasteiger partial charge is 0.307 e. The fourth-order valence-electron chi connectivity index (χ4n) is 2.99. The fourth-order valence-corrected chi connectivity index (χ4v) is 2.99. The van der Waals surface area contributed by atoms with Crippen LogP contribution >= 0.6 is 0 Å². The molecule has 5 heteroatoms. The molecule has 2 aliphatic rings. The Balaban J connectivity index is 1.97. The molecule has 1 aliphatic carbocycles. The molecule has 2 unspecified atom stereocenters. The van der Waals surface area contributed by atoms with Crippen LogP contribution in [-0.4, -0.2) is 45.7 Å². The van der Waals surface area contributed by atoms with Crippen molar-refractivity contribution in [3.63, 3.8) is 0 Å². The van der Waals surface area contributed by atoms with E-state index in [2.05, 4.69) is 0 Å². The Labute approximate surface area is 107 Å². The van der Waals surface area contributed by atoms with Crippen molar-refractivity contribution >= 4 is 11.9 Å². The van der Waals surface area contributed by atoms with E-state index in [0.717, 1.165) is 6.42 Å². The average molecular weight is 255 g/mol. The number of hydrogen-bond acceptors (Lipinski definition) is 3. The van der Waals surface area contributed by atoms with Gasteiger partial charge in [-0.3, -0.25) is 9.59 Å². The fraction of sp³-hybridized carbons (Fsp3) is 0.846. The standard InChI is InChI=1S/C13H21NO4/c1-13(18)5-7-14(8-6-13)11(15)9-3-2-4-10(9)12(16)17/h9-10,18H,2-8H2,1H3,(H,16,17). The zero-order chi connectivity index (χ0) is 13.3. The van der Waals surface area contributed by atoms with E-state index in [1.807, 2.05) is 0 Å². The van der Waals surface area contributed by atoms with Gasteiger partial charge in [-0.05, 0) is 32.6 Å². The molecule has 1 aliphatic heterocycles. The van der Waals surface area contributed by atoms with Crippen molar-refractivity contribution in [2.45, 2.75) is 44.6 Å². The van der Waals surface area contributed by atoms with Gasteiger partial charge in [0.1, 0.15) is 0 Å². The molecule has 1 heterocycles. The first-order valence-electron chi connectivity index (χ1n) is 6.65. The van der Waals surface area contributed by atoms with Crippen LogP contribution in [0.2, 0.25) is 0 Å². The van der Waals surface area contributed by atoms with Crippen molar-refractivity contribution in [1.82, 2.24) is 4.90 Å². The first-order chi connectivity index (χ1) is 8.41. The summed E-state index contributed by atoms with van der Waals surface area (Å²) in [5, 5.41) is 19.0. The first-order valence-corrected chi connectivity index (χ1v) is 6.65. The third-order valence-corrected chi connectivity index (χ3v) is 4.30. The Morgan fingerprint density at radius 2 is 1.72 bits per heavy atom. The van der Waals surface area contributed by atoms with Crippen LogP contribution in [0, 0.1) is 11.8 Å². The summed E-state index contributed by atoms with van der Waals surface area (Å²) in [5.74, 6) is -1.75. The van der Waals surface area contributed by atoms with Gasteiger partial charge < -0.3 is 15.1 Å². The summed E-state index contributed by atoms with van der Waals surface area (Å²) in [6, 6.07) is 0. The molecule has 5 nitrogen and oxygen atoms in total. The van der Waals surface area contributed by atoms with Crippen LogP contribution in [0.1, 0.15) is 39.0 Å². The van der Waals surface area contributed by atoms with Gasteiger partial charge >= 0.3 is 5.97 Å². The van der Waals surface area contributed by atoms with E-state index in [1.165, 1.54) is 0 Å². The van der Waals surface area contributed by atoms with Crippen molar-refractivity contribution in [3.8, 4) is 0 Å². The zero-order valence-electron chi connectivity index (χ0n) is 10.8. The number of rotatable bonds is 2. The second-order valence-corrected chi connectivity index (χ2v) is 5.80. The number of nitrogens with zero attached hydrogens (tertiary/aromatic N) is 1. The molecule has 2 rings (SSSR count). The number of carboxylic acids is 1. The minimum atomic E-state index is -0.852. The summed E-state index contributed by atoms with van der Waals surface area (Å²) >= 11 is 0. The van der Waals surface area contributed by atoms with Gasteiger partial charge in [0.25, 0.3) is 0 Å². The molecular weight excluding hydrogens is 234 g/mol. The van der Waals surface area contributed by atoms with Crippen molar-refractivity contribution in [2.24, 2.45) is 11.8 Å². The second kappa shape index (κ2) is 4.88. The van der Waals surface area contributed by atoms with Crippen LogP contribution in [0.4, 0.5) is 0 Å². The van der Waals surface area contributed by atoms with Gasteiger partial charge in [-0.15, -0.1) is 0 Å². The zero-order valence-corrected chi connectivity index (χ0v) is 10.8. The predicted octanol–water partition coefficient (Wildman–Crippen LogP) is 0.861. The maximum atomic E-state index is 12.3. The third-order valence-electron chi connectivity index (χ3n) is 4.30. The predicted molar refractivity (Wildman–Crippen MR) is 64.9 cm³/mol. The minimum Gasteiger partial charge on any atom is -0.481 e. The summed E-state index contributed by atoms with van der Waals surface area (Å²) in [4.78, 5) is 25.1. The number of aliphatic hydroxyl groups is 1. The molecule has 1 saturated heterocycles. The first kappa shape index (κ1) is 13.3. The highest BCUT2D eigenvalue weighted by Crippen LogP contribution is 2.34. The SMILES string of the molecule is CC1(O)CCN(C(=O)C2CCCC2C(=O)O)CC1. The number of carbonyl (C=O) groups excluding carboxylic acids is 1. The molecule has 2 fully saturated rings. The lowest BCUT2D eigenvalue weighted by atomic mass is 9.90. The number of carboxylic acid groups (broad SMARTS) is 1. The van der Waals surface area contributed by atoms with Gasteiger partial charge in [-0.1, -0.05) is 6.42 Å². The summed E-state index contributed by atoms with van der Waals surface area (Å²) in [6.45, 7) is 2.85. The molecule has 2 N–H and O–H groups in total. The number of amides is 1. The molecule has 1 amide bonds. The molecule has 0 radical (unpaired) electrons. The van der Waals surface area contributed by atoms with Crippen LogP contribution in [0.5, 0.6) is 0 Å². The second-order valence-electron chi connectivity index (χ2n) is 5.80. The number of piperidine rings is 1. The van der Waals surface area contributed by atoms with E-state index in [4.69, 9.17) is 5.11 Å². The quantitative estimate of drug-likeness (QED) is 0.767.